The Kier molecular flexibility index (Phi) is 14.5. The molecule has 0 heterocycles. The quantitative estimate of drug-likeness (QED) is 0.394. The average molecular weight is 229 g/mol. The molecule has 0 aromatic carbocycles. The Balaban J connectivity index is -0.000000605. The Morgan fingerprint density at radius 3 is 1.85 bits per heavy atom. The summed E-state index contributed by atoms with van der Waals surface area (Å²) < 4.78 is 0.747. The molecule has 0 aromatic heterocycles. The van der Waals surface area contributed by atoms with Gasteiger partial charge in [-0.25, -0.2) is 0 Å². The first-order valence-electron chi connectivity index (χ1n) is 4.70. The van der Waals surface area contributed by atoms with E-state index in [1.165, 1.54) is 25.7 Å². The number of hydrogen-bond acceptors (Lipinski definition) is 1. The van der Waals surface area contributed by atoms with Gasteiger partial charge in [-0.05, 0) is 12.8 Å². The van der Waals surface area contributed by atoms with E-state index in [2.05, 4.69) is 31.4 Å². The van der Waals surface area contributed by atoms with Gasteiger partial charge in [0, 0.05) is 13.1 Å². The largest absolute Gasteiger partial charge is 1.00 e. The molecule has 0 aliphatic rings. The van der Waals surface area contributed by atoms with Crippen molar-refractivity contribution in [2.45, 2.75) is 39.5 Å². The van der Waals surface area contributed by atoms with E-state index in [-0.39, 0.29) is 31.0 Å². The van der Waals surface area contributed by atoms with Crippen LogP contribution in [0.1, 0.15) is 41.0 Å². The van der Waals surface area contributed by atoms with E-state index in [4.69, 9.17) is 12.2 Å². The number of thiol groups is 1. The van der Waals surface area contributed by atoms with Crippen molar-refractivity contribution in [3.8, 4) is 0 Å². The normalized spacial score (nSPS) is 9.15. The first kappa shape index (κ1) is 16.7. The van der Waals surface area contributed by atoms with Gasteiger partial charge in [-0.3, -0.25) is 0 Å². The molecule has 0 aromatic rings. The maximum atomic E-state index is 5.03. The Hall–Kier alpha value is 1.24. The second-order valence-electron chi connectivity index (χ2n) is 2.98. The fourth-order valence-corrected chi connectivity index (χ4v) is 1.38. The zero-order valence-corrected chi connectivity index (χ0v) is 12.8. The van der Waals surface area contributed by atoms with Crippen LogP contribution in [0.5, 0.6) is 0 Å². The summed E-state index contributed by atoms with van der Waals surface area (Å²) in [6.45, 7) is 6.52. The number of thiocarbonyl (C=S) groups is 1. The number of hydrogen-bond donors (Lipinski definition) is 1. The summed E-state index contributed by atoms with van der Waals surface area (Å²) in [6, 6.07) is 0. The van der Waals surface area contributed by atoms with Crippen molar-refractivity contribution in [1.29, 1.82) is 0 Å². The third kappa shape index (κ3) is 9.54. The van der Waals surface area contributed by atoms with Crippen LogP contribution in [0.2, 0.25) is 0 Å². The van der Waals surface area contributed by atoms with Crippen molar-refractivity contribution >= 4 is 29.2 Å². The summed E-state index contributed by atoms with van der Waals surface area (Å²) >= 11 is 9.23. The second-order valence-corrected chi connectivity index (χ2v) is 4.09. The van der Waals surface area contributed by atoms with Crippen molar-refractivity contribution in [2.75, 3.05) is 13.1 Å². The molecular weight excluding hydrogens is 209 g/mol. The zero-order valence-electron chi connectivity index (χ0n) is 10.0. The van der Waals surface area contributed by atoms with E-state index in [0.717, 1.165) is 17.4 Å². The van der Waals surface area contributed by atoms with Gasteiger partial charge >= 0.3 is 29.6 Å². The predicted molar refractivity (Wildman–Crippen MR) is 64.1 cm³/mol. The SMILES string of the molecule is CCCCN(CCCC)C(=S)S.[H-].[Na+]. The molecule has 13 heavy (non-hydrogen) atoms. The van der Waals surface area contributed by atoms with Crippen LogP contribution in [0, 0.1) is 0 Å². The van der Waals surface area contributed by atoms with Gasteiger partial charge in [0.05, 0.1) is 0 Å². The Bertz CT molecular complexity index is 128. The van der Waals surface area contributed by atoms with E-state index >= 15 is 0 Å². The van der Waals surface area contributed by atoms with Gasteiger partial charge in [-0.15, -0.1) is 12.6 Å². The molecule has 0 unspecified atom stereocenters. The van der Waals surface area contributed by atoms with E-state index in [1.54, 1.807) is 0 Å². The minimum Gasteiger partial charge on any atom is -1.00 e. The van der Waals surface area contributed by atoms with Crippen LogP contribution < -0.4 is 29.6 Å². The van der Waals surface area contributed by atoms with Crippen molar-refractivity contribution in [3.05, 3.63) is 0 Å². The van der Waals surface area contributed by atoms with E-state index in [0.29, 0.717) is 0 Å². The standard InChI is InChI=1S/C9H19NS2.Na.H/c1-3-5-7-10(9(11)12)8-6-4-2;;/h3-8H2,1-2H3,(H,11,12);;/q;+1;-1. The third-order valence-corrected chi connectivity index (χ3v) is 2.37. The minimum atomic E-state index is 0. The summed E-state index contributed by atoms with van der Waals surface area (Å²) in [7, 11) is 0. The van der Waals surface area contributed by atoms with Crippen molar-refractivity contribution in [3.63, 3.8) is 0 Å². The van der Waals surface area contributed by atoms with E-state index in [9.17, 15) is 0 Å². The minimum absolute atomic E-state index is 0. The Morgan fingerprint density at radius 1 is 1.23 bits per heavy atom. The Morgan fingerprint density at radius 2 is 1.62 bits per heavy atom. The van der Waals surface area contributed by atoms with E-state index < -0.39 is 0 Å². The fraction of sp³-hybridized carbons (Fsp3) is 0.889. The zero-order chi connectivity index (χ0) is 9.40. The summed E-state index contributed by atoms with van der Waals surface area (Å²) in [5.41, 5.74) is 0. The molecule has 0 amide bonds. The summed E-state index contributed by atoms with van der Waals surface area (Å²) in [5, 5.41) is 0. The molecule has 74 valence electrons. The van der Waals surface area contributed by atoms with Gasteiger partial charge in [0.1, 0.15) is 4.32 Å². The molecule has 0 atom stereocenters. The molecule has 0 fully saturated rings. The smallest absolute Gasteiger partial charge is 1.00 e. The van der Waals surface area contributed by atoms with Crippen molar-refractivity contribution in [1.82, 2.24) is 4.90 Å². The monoisotopic (exact) mass is 229 g/mol. The first-order valence-corrected chi connectivity index (χ1v) is 5.55. The molecule has 0 N–H and O–H groups in total. The summed E-state index contributed by atoms with van der Waals surface area (Å²) in [5.74, 6) is 0. The molecule has 0 radical (unpaired) electrons. The predicted octanol–water partition coefficient (Wildman–Crippen LogP) is 0.220. The van der Waals surface area contributed by atoms with Crippen LogP contribution in [0.25, 0.3) is 0 Å². The van der Waals surface area contributed by atoms with E-state index in [1.807, 2.05) is 0 Å². The van der Waals surface area contributed by atoms with Gasteiger partial charge in [0.15, 0.2) is 0 Å². The molecule has 0 spiro atoms. The second kappa shape index (κ2) is 11.3. The maximum absolute atomic E-state index is 5.03. The number of nitrogens with zero attached hydrogens (tertiary/aromatic N) is 1. The molecule has 0 rings (SSSR count). The first-order chi connectivity index (χ1) is 5.72. The number of unbranched alkanes of at least 4 members (excludes halogenated alkanes) is 2. The summed E-state index contributed by atoms with van der Waals surface area (Å²) in [4.78, 5) is 2.19. The average Bonchev–Trinajstić information content (AvgIpc) is 2.04. The van der Waals surface area contributed by atoms with Crippen molar-refractivity contribution in [2.24, 2.45) is 0 Å². The molecule has 0 aliphatic heterocycles. The van der Waals surface area contributed by atoms with Crippen LogP contribution in [0.4, 0.5) is 0 Å². The fourth-order valence-electron chi connectivity index (χ4n) is 1.00. The maximum Gasteiger partial charge on any atom is 1.00 e. The molecule has 1 nitrogen and oxygen atoms in total. The molecule has 0 aliphatic carbocycles. The number of rotatable bonds is 6. The van der Waals surface area contributed by atoms with Crippen LogP contribution >= 0.6 is 24.8 Å². The van der Waals surface area contributed by atoms with Crippen molar-refractivity contribution < 1.29 is 31.0 Å². The van der Waals surface area contributed by atoms with Crippen LogP contribution in [0.15, 0.2) is 0 Å². The van der Waals surface area contributed by atoms with Crippen LogP contribution in [-0.4, -0.2) is 22.3 Å². The van der Waals surface area contributed by atoms with Crippen LogP contribution in [-0.2, 0) is 0 Å². The van der Waals surface area contributed by atoms with Crippen LogP contribution in [0.3, 0.4) is 0 Å². The van der Waals surface area contributed by atoms with Gasteiger partial charge in [0.2, 0.25) is 0 Å². The topological polar surface area (TPSA) is 3.24 Å². The summed E-state index contributed by atoms with van der Waals surface area (Å²) in [6.07, 6.45) is 4.87. The molecule has 0 saturated heterocycles. The van der Waals surface area contributed by atoms with Gasteiger partial charge in [-0.2, -0.15) is 0 Å². The molecule has 0 bridgehead atoms. The molecule has 0 saturated carbocycles. The third-order valence-electron chi connectivity index (χ3n) is 1.83. The molecule has 4 heteroatoms. The van der Waals surface area contributed by atoms with Gasteiger partial charge in [-0.1, -0.05) is 38.9 Å². The molecular formula is C9H20NNaS2. The van der Waals surface area contributed by atoms with Gasteiger partial charge < -0.3 is 6.33 Å². The van der Waals surface area contributed by atoms with Gasteiger partial charge in [0.25, 0.3) is 0 Å². The Labute approximate surface area is 117 Å².